The topological polar surface area (TPSA) is 35.5 Å². The lowest BCUT2D eigenvalue weighted by atomic mass is 9.78. The highest BCUT2D eigenvalue weighted by molar-refractivity contribution is 5.91. The Morgan fingerprint density at radius 3 is 1.95 bits per heavy atom. The summed E-state index contributed by atoms with van der Waals surface area (Å²) in [6.07, 6.45) is 24.0. The highest BCUT2D eigenvalue weighted by Crippen LogP contribution is 2.34. The third-order valence-electron chi connectivity index (χ3n) is 8.30. The van der Waals surface area contributed by atoms with Gasteiger partial charge in [-0.15, -0.1) is 6.58 Å². The van der Waals surface area contributed by atoms with Gasteiger partial charge in [-0.3, -0.25) is 0 Å². The van der Waals surface area contributed by atoms with Crippen LogP contribution in [-0.2, 0) is 6.42 Å². The largest absolute Gasteiger partial charge is 0.494 e. The molecule has 0 aromatic heterocycles. The summed E-state index contributed by atoms with van der Waals surface area (Å²) in [4.78, 5) is 12.6. The maximum Gasteiger partial charge on any atom is 0.343 e. The lowest BCUT2D eigenvalue weighted by Crippen LogP contribution is -2.15. The monoisotopic (exact) mass is 532 g/mol. The predicted molar refractivity (Wildman–Crippen MR) is 164 cm³/mol. The molecule has 0 heterocycles. The van der Waals surface area contributed by atoms with E-state index in [1.165, 1.54) is 95.5 Å². The molecule has 0 bridgehead atoms. The van der Waals surface area contributed by atoms with Crippen molar-refractivity contribution >= 4 is 5.97 Å². The average molecular weight is 533 g/mol. The minimum atomic E-state index is -0.331. The Balaban J connectivity index is 1.27. The fraction of sp³-hybridized carbons (Fsp3) is 0.583. The number of rotatable bonds is 19. The van der Waals surface area contributed by atoms with Crippen LogP contribution in [0.3, 0.4) is 0 Å². The maximum absolute atomic E-state index is 12.6. The van der Waals surface area contributed by atoms with Crippen LogP contribution in [0.4, 0.5) is 0 Å². The van der Waals surface area contributed by atoms with E-state index < -0.39 is 0 Å². The van der Waals surface area contributed by atoms with Crippen molar-refractivity contribution in [2.24, 2.45) is 11.8 Å². The van der Waals surface area contributed by atoms with E-state index in [0.29, 0.717) is 11.3 Å². The molecule has 2 aromatic carbocycles. The van der Waals surface area contributed by atoms with Gasteiger partial charge in [0.15, 0.2) is 0 Å². The molecule has 0 N–H and O–H groups in total. The van der Waals surface area contributed by atoms with E-state index in [1.807, 2.05) is 30.3 Å². The Kier molecular flexibility index (Phi) is 14.8. The van der Waals surface area contributed by atoms with Crippen molar-refractivity contribution in [1.82, 2.24) is 0 Å². The van der Waals surface area contributed by atoms with Crippen LogP contribution in [0, 0.1) is 11.8 Å². The first-order valence-electron chi connectivity index (χ1n) is 15.8. The van der Waals surface area contributed by atoms with Crippen LogP contribution < -0.4 is 9.47 Å². The van der Waals surface area contributed by atoms with Crippen molar-refractivity contribution in [1.29, 1.82) is 0 Å². The maximum atomic E-state index is 12.6. The molecule has 3 rings (SSSR count). The molecule has 0 amide bonds. The van der Waals surface area contributed by atoms with Crippen LogP contribution in [0.15, 0.2) is 61.2 Å². The van der Waals surface area contributed by atoms with E-state index in [0.717, 1.165) is 43.5 Å². The molecule has 3 heteroatoms. The minimum Gasteiger partial charge on any atom is -0.494 e. The number of hydrogen-bond donors (Lipinski definition) is 0. The summed E-state index contributed by atoms with van der Waals surface area (Å²) in [7, 11) is 0. The molecule has 0 unspecified atom stereocenters. The second-order valence-corrected chi connectivity index (χ2v) is 11.5. The standard InChI is InChI=1S/C36H52O3/c1-3-5-6-7-8-9-10-11-12-13-29-38-34-27-23-33(24-28-34)36(37)39-35-25-21-32(22-26-35)20-19-31-17-15-30(14-4-2)16-18-31/h3,21-28,30-31H,1,4-20,29H2,2H3/t30-,31-. The Labute approximate surface area is 238 Å². The van der Waals surface area contributed by atoms with Gasteiger partial charge in [0.2, 0.25) is 0 Å². The highest BCUT2D eigenvalue weighted by Gasteiger charge is 2.20. The van der Waals surface area contributed by atoms with Gasteiger partial charge in [-0.25, -0.2) is 4.79 Å². The zero-order valence-electron chi connectivity index (χ0n) is 24.5. The molecule has 0 saturated heterocycles. The summed E-state index contributed by atoms with van der Waals surface area (Å²) in [5.74, 6) is 2.91. The first-order valence-corrected chi connectivity index (χ1v) is 15.8. The number of carbonyl (C=O) groups is 1. The van der Waals surface area contributed by atoms with Gasteiger partial charge in [-0.1, -0.05) is 102 Å². The minimum absolute atomic E-state index is 0.331. The molecule has 1 aliphatic carbocycles. The van der Waals surface area contributed by atoms with Gasteiger partial charge < -0.3 is 9.47 Å². The smallest absolute Gasteiger partial charge is 0.343 e. The number of aryl methyl sites for hydroxylation is 1. The van der Waals surface area contributed by atoms with Crippen molar-refractivity contribution in [3.05, 3.63) is 72.3 Å². The van der Waals surface area contributed by atoms with Crippen LogP contribution in [0.5, 0.6) is 11.5 Å². The van der Waals surface area contributed by atoms with E-state index in [4.69, 9.17) is 9.47 Å². The number of esters is 1. The fourth-order valence-corrected chi connectivity index (χ4v) is 5.81. The Morgan fingerprint density at radius 2 is 1.33 bits per heavy atom. The molecule has 0 atom stereocenters. The van der Waals surface area contributed by atoms with E-state index in [9.17, 15) is 4.79 Å². The Bertz CT molecular complexity index is 923. The van der Waals surface area contributed by atoms with Gasteiger partial charge in [0.05, 0.1) is 12.2 Å². The summed E-state index contributed by atoms with van der Waals surface area (Å²) in [6.45, 7) is 6.80. The third kappa shape index (κ3) is 12.4. The SMILES string of the molecule is C=CCCCCCCCCCCOc1ccc(C(=O)Oc2ccc(CC[C@H]3CC[C@H](CCC)CC3)cc2)cc1. The number of carbonyl (C=O) groups excluding carboxylic acids is 1. The van der Waals surface area contributed by atoms with Crippen LogP contribution in [0.1, 0.15) is 126 Å². The lowest BCUT2D eigenvalue weighted by Gasteiger charge is -2.28. The predicted octanol–water partition coefficient (Wildman–Crippen LogP) is 10.5. The molecule has 1 fully saturated rings. The average Bonchev–Trinajstić information content (AvgIpc) is 2.97. The van der Waals surface area contributed by atoms with Crippen LogP contribution in [-0.4, -0.2) is 12.6 Å². The number of hydrogen-bond acceptors (Lipinski definition) is 3. The summed E-state index contributed by atoms with van der Waals surface area (Å²) < 4.78 is 11.5. The number of allylic oxidation sites excluding steroid dienone is 1. The molecule has 0 radical (unpaired) electrons. The Morgan fingerprint density at radius 1 is 0.769 bits per heavy atom. The van der Waals surface area contributed by atoms with Crippen LogP contribution >= 0.6 is 0 Å². The summed E-state index contributed by atoms with van der Waals surface area (Å²) in [6, 6.07) is 15.3. The van der Waals surface area contributed by atoms with Crippen molar-refractivity contribution in [2.75, 3.05) is 6.61 Å². The molecule has 1 saturated carbocycles. The molecule has 2 aromatic rings. The first-order chi connectivity index (χ1) is 19.2. The summed E-state index contributed by atoms with van der Waals surface area (Å²) in [5.41, 5.74) is 1.87. The van der Waals surface area contributed by atoms with E-state index >= 15 is 0 Å². The van der Waals surface area contributed by atoms with Gasteiger partial charge in [0.1, 0.15) is 11.5 Å². The Hall–Kier alpha value is -2.55. The molecule has 214 valence electrons. The van der Waals surface area contributed by atoms with E-state index in [1.54, 1.807) is 12.1 Å². The van der Waals surface area contributed by atoms with Gasteiger partial charge in [0.25, 0.3) is 0 Å². The van der Waals surface area contributed by atoms with E-state index in [-0.39, 0.29) is 5.97 Å². The molecule has 1 aliphatic rings. The number of benzene rings is 2. The van der Waals surface area contributed by atoms with Crippen molar-refractivity contribution in [2.45, 2.75) is 116 Å². The van der Waals surface area contributed by atoms with Gasteiger partial charge in [-0.2, -0.15) is 0 Å². The molecule has 3 nitrogen and oxygen atoms in total. The quantitative estimate of drug-likeness (QED) is 0.0781. The fourth-order valence-electron chi connectivity index (χ4n) is 5.81. The first kappa shape index (κ1) is 31.0. The zero-order valence-corrected chi connectivity index (χ0v) is 24.5. The highest BCUT2D eigenvalue weighted by atomic mass is 16.5. The number of unbranched alkanes of at least 4 members (excludes halogenated alkanes) is 8. The molecular formula is C36H52O3. The molecule has 39 heavy (non-hydrogen) atoms. The van der Waals surface area contributed by atoms with Crippen LogP contribution in [0.25, 0.3) is 0 Å². The van der Waals surface area contributed by atoms with E-state index in [2.05, 4.69) is 25.6 Å². The van der Waals surface area contributed by atoms with Crippen molar-refractivity contribution in [3.63, 3.8) is 0 Å². The van der Waals surface area contributed by atoms with Gasteiger partial charge >= 0.3 is 5.97 Å². The second-order valence-electron chi connectivity index (χ2n) is 11.5. The normalized spacial score (nSPS) is 17.1. The summed E-state index contributed by atoms with van der Waals surface area (Å²) in [5, 5.41) is 0. The lowest BCUT2D eigenvalue weighted by molar-refractivity contribution is 0.0734. The van der Waals surface area contributed by atoms with Crippen molar-refractivity contribution in [3.8, 4) is 11.5 Å². The molecular weight excluding hydrogens is 480 g/mol. The zero-order chi connectivity index (χ0) is 27.5. The number of ether oxygens (including phenoxy) is 2. The van der Waals surface area contributed by atoms with Crippen molar-refractivity contribution < 1.29 is 14.3 Å². The third-order valence-corrected chi connectivity index (χ3v) is 8.30. The molecule has 0 spiro atoms. The van der Waals surface area contributed by atoms with Gasteiger partial charge in [-0.05, 0) is 85.9 Å². The second kappa shape index (κ2) is 18.7. The van der Waals surface area contributed by atoms with Gasteiger partial charge in [0, 0.05) is 0 Å². The molecule has 0 aliphatic heterocycles. The summed E-state index contributed by atoms with van der Waals surface area (Å²) >= 11 is 0. The van der Waals surface area contributed by atoms with Crippen LogP contribution in [0.2, 0.25) is 0 Å².